The Morgan fingerprint density at radius 1 is 1.42 bits per heavy atom. The monoisotopic (exact) mass is 168 g/mol. The molecule has 0 radical (unpaired) electrons. The topological polar surface area (TPSA) is 32.7 Å². The molecule has 68 valence electrons. The van der Waals surface area contributed by atoms with Crippen LogP contribution in [0.3, 0.4) is 0 Å². The van der Waals surface area contributed by atoms with Gasteiger partial charge in [-0.15, -0.1) is 0 Å². The van der Waals surface area contributed by atoms with Crippen LogP contribution in [0.5, 0.6) is 0 Å². The van der Waals surface area contributed by atoms with Crippen LogP contribution in [0.25, 0.3) is 0 Å². The van der Waals surface area contributed by atoms with Gasteiger partial charge in [-0.25, -0.2) is 4.99 Å². The molecular weight excluding hydrogens is 152 g/mol. The van der Waals surface area contributed by atoms with E-state index in [1.54, 1.807) is 13.1 Å². The first kappa shape index (κ1) is 10.9. The molecule has 0 aromatic heterocycles. The highest BCUT2D eigenvalue weighted by Gasteiger charge is 2.22. The minimum Gasteiger partial charge on any atom is -0.298 e. The van der Waals surface area contributed by atoms with E-state index >= 15 is 0 Å². The smallest absolute Gasteiger partial charge is 0.277 e. The number of likely N-dealkylation sites (N-methyl/N-ethyl adjacent to an activating group) is 1. The molecule has 3 nitrogen and oxygen atoms in total. The summed E-state index contributed by atoms with van der Waals surface area (Å²) in [5.41, 5.74) is 0.542. The van der Waals surface area contributed by atoms with Crippen LogP contribution in [0.1, 0.15) is 27.7 Å². The van der Waals surface area contributed by atoms with Gasteiger partial charge in [0, 0.05) is 7.05 Å². The van der Waals surface area contributed by atoms with E-state index in [0.717, 1.165) is 5.84 Å². The summed E-state index contributed by atoms with van der Waals surface area (Å²) in [4.78, 5) is 16.6. The summed E-state index contributed by atoms with van der Waals surface area (Å²) in [6.45, 7) is 7.62. The molecule has 0 atom stereocenters. The van der Waals surface area contributed by atoms with Gasteiger partial charge >= 0.3 is 0 Å². The summed E-state index contributed by atoms with van der Waals surface area (Å²) in [5, 5.41) is 0. The second-order valence-corrected chi connectivity index (χ2v) is 2.20. The van der Waals surface area contributed by atoms with Crippen molar-refractivity contribution in [3.63, 3.8) is 0 Å². The van der Waals surface area contributed by atoms with Gasteiger partial charge in [-0.2, -0.15) is 0 Å². The van der Waals surface area contributed by atoms with Crippen molar-refractivity contribution >= 4 is 11.7 Å². The van der Waals surface area contributed by atoms with E-state index in [9.17, 15) is 4.79 Å². The number of hydrogen-bond donors (Lipinski definition) is 0. The Morgan fingerprint density at radius 3 is 2.08 bits per heavy atom. The van der Waals surface area contributed by atoms with Gasteiger partial charge in [0.15, 0.2) is 0 Å². The maximum atomic E-state index is 11.1. The molecule has 0 fully saturated rings. The summed E-state index contributed by atoms with van der Waals surface area (Å²) < 4.78 is 0. The van der Waals surface area contributed by atoms with Gasteiger partial charge in [0.05, 0.1) is 0 Å². The number of carbonyl (C=O) groups excluding carboxylic acids is 1. The summed E-state index contributed by atoms with van der Waals surface area (Å²) in [5.74, 6) is 0.748. The number of hydrogen-bond acceptors (Lipinski definition) is 2. The Balaban J connectivity index is 0.000000561. The maximum absolute atomic E-state index is 11.1. The van der Waals surface area contributed by atoms with Crippen LogP contribution >= 0.6 is 0 Å². The molecule has 0 saturated carbocycles. The summed E-state index contributed by atoms with van der Waals surface area (Å²) in [6, 6.07) is 0. The molecule has 0 aliphatic carbocycles. The average Bonchev–Trinajstić information content (AvgIpc) is 2.36. The minimum atomic E-state index is -0.0139. The fraction of sp³-hybridized carbons (Fsp3) is 0.556. The third-order valence-electron chi connectivity index (χ3n) is 1.56. The fourth-order valence-corrected chi connectivity index (χ4v) is 0.804. The van der Waals surface area contributed by atoms with Crippen LogP contribution in [0, 0.1) is 0 Å². The minimum absolute atomic E-state index is 0.0139. The highest BCUT2D eigenvalue weighted by Crippen LogP contribution is 2.11. The van der Waals surface area contributed by atoms with Crippen LogP contribution in [0.2, 0.25) is 0 Å². The van der Waals surface area contributed by atoms with E-state index in [1.165, 1.54) is 4.90 Å². The summed E-state index contributed by atoms with van der Waals surface area (Å²) in [6.07, 6.45) is 1.72. The van der Waals surface area contributed by atoms with Crippen molar-refractivity contribution in [1.82, 2.24) is 4.90 Å². The van der Waals surface area contributed by atoms with Crippen molar-refractivity contribution < 1.29 is 4.79 Å². The van der Waals surface area contributed by atoms with E-state index in [4.69, 9.17) is 0 Å². The normalized spacial score (nSPS) is 19.1. The van der Waals surface area contributed by atoms with Gasteiger partial charge in [-0.05, 0) is 13.8 Å². The first-order chi connectivity index (χ1) is 5.66. The number of carbonyl (C=O) groups is 1. The van der Waals surface area contributed by atoms with E-state index < -0.39 is 0 Å². The number of aliphatic imine (C=N–C) groups is 1. The first-order valence-electron chi connectivity index (χ1n) is 4.16. The fourth-order valence-electron chi connectivity index (χ4n) is 0.804. The lowest BCUT2D eigenvalue weighted by atomic mass is 10.4. The predicted octanol–water partition coefficient (Wildman–Crippen LogP) is 1.81. The molecule has 0 aromatic rings. The molecule has 0 unspecified atom stereocenters. The molecule has 1 rings (SSSR count). The van der Waals surface area contributed by atoms with Crippen molar-refractivity contribution in [1.29, 1.82) is 0 Å². The first-order valence-corrected chi connectivity index (χ1v) is 4.16. The molecule has 0 saturated heterocycles. The number of amidine groups is 1. The van der Waals surface area contributed by atoms with Gasteiger partial charge in [0.2, 0.25) is 0 Å². The molecular formula is C9H16N2O. The second-order valence-electron chi connectivity index (χ2n) is 2.20. The number of allylic oxidation sites excluding steroid dienone is 1. The Labute approximate surface area is 73.8 Å². The van der Waals surface area contributed by atoms with Crippen LogP contribution in [-0.4, -0.2) is 23.7 Å². The Hall–Kier alpha value is -1.12. The average molecular weight is 168 g/mol. The van der Waals surface area contributed by atoms with Crippen molar-refractivity contribution in [3.8, 4) is 0 Å². The number of amides is 1. The second kappa shape index (κ2) is 4.70. The highest BCUT2D eigenvalue weighted by atomic mass is 16.2. The molecule has 0 N–H and O–H groups in total. The summed E-state index contributed by atoms with van der Waals surface area (Å²) >= 11 is 0. The molecule has 3 heteroatoms. The standard InChI is InChI=1S/C7H10N2O.C2H6/c1-4-6-7(10)9(3)5(2)8-6;1-2/h4H,1-3H3;1-2H3/b6-4-;. The largest absolute Gasteiger partial charge is 0.298 e. The lowest BCUT2D eigenvalue weighted by Crippen LogP contribution is -2.25. The van der Waals surface area contributed by atoms with Crippen molar-refractivity contribution in [2.75, 3.05) is 7.05 Å². The maximum Gasteiger partial charge on any atom is 0.277 e. The molecule has 1 aliphatic rings. The molecule has 0 spiro atoms. The van der Waals surface area contributed by atoms with E-state index in [0.29, 0.717) is 5.70 Å². The highest BCUT2D eigenvalue weighted by molar-refractivity contribution is 6.11. The lowest BCUT2D eigenvalue weighted by Gasteiger charge is -2.05. The van der Waals surface area contributed by atoms with E-state index in [2.05, 4.69) is 4.99 Å². The molecule has 12 heavy (non-hydrogen) atoms. The molecule has 1 aliphatic heterocycles. The van der Waals surface area contributed by atoms with Gasteiger partial charge in [0.1, 0.15) is 11.5 Å². The van der Waals surface area contributed by atoms with Crippen LogP contribution < -0.4 is 0 Å². The molecule has 1 amide bonds. The van der Waals surface area contributed by atoms with Gasteiger partial charge in [0.25, 0.3) is 5.91 Å². The van der Waals surface area contributed by atoms with Crippen molar-refractivity contribution in [3.05, 3.63) is 11.8 Å². The molecule has 1 heterocycles. The quantitative estimate of drug-likeness (QED) is 0.508. The summed E-state index contributed by atoms with van der Waals surface area (Å²) in [7, 11) is 1.72. The van der Waals surface area contributed by atoms with Crippen molar-refractivity contribution in [2.45, 2.75) is 27.7 Å². The Kier molecular flexibility index (Phi) is 4.26. The Morgan fingerprint density at radius 2 is 1.92 bits per heavy atom. The van der Waals surface area contributed by atoms with Gasteiger partial charge in [-0.1, -0.05) is 19.9 Å². The van der Waals surface area contributed by atoms with Crippen LogP contribution in [0.4, 0.5) is 0 Å². The van der Waals surface area contributed by atoms with Gasteiger partial charge in [-0.3, -0.25) is 9.69 Å². The van der Waals surface area contributed by atoms with Crippen molar-refractivity contribution in [2.24, 2.45) is 4.99 Å². The van der Waals surface area contributed by atoms with E-state index in [-0.39, 0.29) is 5.91 Å². The molecule has 0 aromatic carbocycles. The molecule has 0 bridgehead atoms. The Bertz CT molecular complexity index is 227. The zero-order valence-electron chi connectivity index (χ0n) is 8.38. The van der Waals surface area contributed by atoms with Gasteiger partial charge < -0.3 is 0 Å². The third-order valence-corrected chi connectivity index (χ3v) is 1.56. The predicted molar refractivity (Wildman–Crippen MR) is 51.0 cm³/mol. The van der Waals surface area contributed by atoms with Crippen LogP contribution in [-0.2, 0) is 4.79 Å². The van der Waals surface area contributed by atoms with Crippen LogP contribution in [0.15, 0.2) is 16.8 Å². The third kappa shape index (κ3) is 1.94. The number of rotatable bonds is 0. The zero-order valence-corrected chi connectivity index (χ0v) is 8.38. The van der Waals surface area contributed by atoms with E-state index in [1.807, 2.05) is 27.7 Å². The number of nitrogens with zero attached hydrogens (tertiary/aromatic N) is 2. The SMILES string of the molecule is C/C=C1\N=C(C)N(C)C1=O.CC. The lowest BCUT2D eigenvalue weighted by molar-refractivity contribution is -0.121. The zero-order chi connectivity index (χ0) is 9.72.